The van der Waals surface area contributed by atoms with Crippen LogP contribution in [-0.4, -0.2) is 33.3 Å². The summed E-state index contributed by atoms with van der Waals surface area (Å²) < 4.78 is 7.27. The number of hydrogen-bond acceptors (Lipinski definition) is 4. The molecule has 0 aliphatic carbocycles. The van der Waals surface area contributed by atoms with E-state index < -0.39 is 0 Å². The van der Waals surface area contributed by atoms with Crippen molar-refractivity contribution in [3.05, 3.63) is 30.5 Å². The van der Waals surface area contributed by atoms with Gasteiger partial charge >= 0.3 is 0 Å². The molecule has 1 N–H and O–H groups in total. The molecule has 0 amide bonds. The second kappa shape index (κ2) is 7.65. The first-order chi connectivity index (χ1) is 9.83. The van der Waals surface area contributed by atoms with Gasteiger partial charge in [-0.2, -0.15) is 0 Å². The van der Waals surface area contributed by atoms with E-state index in [0.717, 1.165) is 42.8 Å². The zero-order valence-electron chi connectivity index (χ0n) is 11.8. The van der Waals surface area contributed by atoms with Crippen molar-refractivity contribution in [1.82, 2.24) is 15.0 Å². The summed E-state index contributed by atoms with van der Waals surface area (Å²) in [6.07, 6.45) is 4.82. The Labute approximate surface area is 119 Å². The molecule has 0 atom stereocenters. The number of rotatable bonds is 8. The highest BCUT2D eigenvalue weighted by Crippen LogP contribution is 2.20. The van der Waals surface area contributed by atoms with Crippen molar-refractivity contribution in [1.29, 1.82) is 0 Å². The summed E-state index contributed by atoms with van der Waals surface area (Å²) >= 11 is 0. The predicted octanol–water partition coefficient (Wildman–Crippen LogP) is 2.51. The largest absolute Gasteiger partial charge is 0.494 e. The highest BCUT2D eigenvalue weighted by molar-refractivity contribution is 5.58. The lowest BCUT2D eigenvalue weighted by molar-refractivity contribution is 0.281. The fourth-order valence-electron chi connectivity index (χ4n) is 1.99. The Bertz CT molecular complexity index is 508. The van der Waals surface area contributed by atoms with Crippen LogP contribution >= 0.6 is 0 Å². The average molecular weight is 275 g/mol. The van der Waals surface area contributed by atoms with Gasteiger partial charge in [0.15, 0.2) is 0 Å². The molecule has 0 spiro atoms. The van der Waals surface area contributed by atoms with Crippen molar-refractivity contribution in [2.24, 2.45) is 0 Å². The number of benzene rings is 1. The van der Waals surface area contributed by atoms with Crippen molar-refractivity contribution >= 4 is 0 Å². The van der Waals surface area contributed by atoms with Gasteiger partial charge < -0.3 is 9.84 Å². The average Bonchev–Trinajstić information content (AvgIpc) is 2.94. The summed E-state index contributed by atoms with van der Waals surface area (Å²) in [4.78, 5) is 0. The summed E-state index contributed by atoms with van der Waals surface area (Å²) in [5, 5.41) is 17.0. The molecule has 2 aromatic rings. The molecule has 1 aromatic carbocycles. The number of unbranched alkanes of at least 4 members (excludes halogenated alkanes) is 2. The maximum atomic E-state index is 8.73. The van der Waals surface area contributed by atoms with E-state index in [2.05, 4.69) is 10.3 Å². The molecule has 0 aliphatic rings. The van der Waals surface area contributed by atoms with Crippen LogP contribution in [0.25, 0.3) is 11.3 Å². The van der Waals surface area contributed by atoms with Crippen LogP contribution in [0.2, 0.25) is 0 Å². The summed E-state index contributed by atoms with van der Waals surface area (Å²) in [5.41, 5.74) is 1.91. The van der Waals surface area contributed by atoms with Gasteiger partial charge in [-0.05, 0) is 50.5 Å². The van der Waals surface area contributed by atoms with Crippen LogP contribution in [0.5, 0.6) is 5.75 Å². The van der Waals surface area contributed by atoms with Gasteiger partial charge in [0.05, 0.1) is 12.8 Å². The fraction of sp³-hybridized carbons (Fsp3) is 0.467. The van der Waals surface area contributed by atoms with Crippen molar-refractivity contribution in [3.8, 4) is 17.0 Å². The van der Waals surface area contributed by atoms with E-state index in [0.29, 0.717) is 6.61 Å². The van der Waals surface area contributed by atoms with Crippen molar-refractivity contribution in [2.75, 3.05) is 13.2 Å². The first-order valence-electron chi connectivity index (χ1n) is 7.07. The molecule has 0 radical (unpaired) electrons. The Balaban J connectivity index is 1.93. The molecule has 20 heavy (non-hydrogen) atoms. The molecule has 0 unspecified atom stereocenters. The van der Waals surface area contributed by atoms with Crippen molar-refractivity contribution in [2.45, 2.75) is 32.7 Å². The Morgan fingerprint density at radius 2 is 1.95 bits per heavy atom. The SMILES string of the molecule is CCOc1ccc(-c2cn(CCCCCO)nn2)cc1. The third-order valence-electron chi connectivity index (χ3n) is 3.05. The molecule has 0 saturated carbocycles. The van der Waals surface area contributed by atoms with Crippen molar-refractivity contribution in [3.63, 3.8) is 0 Å². The van der Waals surface area contributed by atoms with Crippen LogP contribution < -0.4 is 4.74 Å². The lowest BCUT2D eigenvalue weighted by atomic mass is 10.1. The van der Waals surface area contributed by atoms with Gasteiger partial charge in [-0.15, -0.1) is 5.10 Å². The summed E-state index contributed by atoms with van der Waals surface area (Å²) in [6.45, 7) is 3.73. The second-order valence-electron chi connectivity index (χ2n) is 4.61. The van der Waals surface area contributed by atoms with Gasteiger partial charge in [-0.3, -0.25) is 4.68 Å². The number of aliphatic hydroxyl groups is 1. The zero-order chi connectivity index (χ0) is 14.2. The van der Waals surface area contributed by atoms with Gasteiger partial charge in [0, 0.05) is 18.7 Å². The molecule has 108 valence electrons. The normalized spacial score (nSPS) is 10.7. The Morgan fingerprint density at radius 1 is 1.15 bits per heavy atom. The fourth-order valence-corrected chi connectivity index (χ4v) is 1.99. The number of aryl methyl sites for hydroxylation is 1. The second-order valence-corrected chi connectivity index (χ2v) is 4.61. The predicted molar refractivity (Wildman–Crippen MR) is 77.6 cm³/mol. The zero-order valence-corrected chi connectivity index (χ0v) is 11.8. The van der Waals surface area contributed by atoms with Crippen LogP contribution in [0.3, 0.4) is 0 Å². The van der Waals surface area contributed by atoms with E-state index in [4.69, 9.17) is 9.84 Å². The third kappa shape index (κ3) is 4.06. The molecular weight excluding hydrogens is 254 g/mol. The van der Waals surface area contributed by atoms with Crippen LogP contribution in [0.1, 0.15) is 26.2 Å². The highest BCUT2D eigenvalue weighted by Gasteiger charge is 2.04. The topological polar surface area (TPSA) is 60.2 Å². The van der Waals surface area contributed by atoms with Crippen LogP contribution in [0, 0.1) is 0 Å². The van der Waals surface area contributed by atoms with Gasteiger partial charge in [0.2, 0.25) is 0 Å². The Hall–Kier alpha value is -1.88. The summed E-state index contributed by atoms with van der Waals surface area (Å²) in [7, 11) is 0. The monoisotopic (exact) mass is 275 g/mol. The molecule has 5 nitrogen and oxygen atoms in total. The van der Waals surface area contributed by atoms with Crippen LogP contribution in [0.15, 0.2) is 30.5 Å². The quantitative estimate of drug-likeness (QED) is 0.752. The molecular formula is C15H21N3O2. The lowest BCUT2D eigenvalue weighted by Crippen LogP contribution is -1.99. The number of ether oxygens (including phenoxy) is 1. The van der Waals surface area contributed by atoms with Crippen LogP contribution in [0.4, 0.5) is 0 Å². The molecule has 1 aromatic heterocycles. The van der Waals surface area contributed by atoms with Gasteiger partial charge in [0.1, 0.15) is 11.4 Å². The number of aromatic nitrogens is 3. The lowest BCUT2D eigenvalue weighted by Gasteiger charge is -2.02. The molecule has 2 rings (SSSR count). The maximum Gasteiger partial charge on any atom is 0.119 e. The van der Waals surface area contributed by atoms with Crippen LogP contribution in [-0.2, 0) is 6.54 Å². The third-order valence-corrected chi connectivity index (χ3v) is 3.05. The minimum Gasteiger partial charge on any atom is -0.494 e. The molecule has 0 saturated heterocycles. The van der Waals surface area contributed by atoms with Gasteiger partial charge in [0.25, 0.3) is 0 Å². The summed E-state index contributed by atoms with van der Waals surface area (Å²) in [6, 6.07) is 7.87. The molecule has 5 heteroatoms. The Morgan fingerprint density at radius 3 is 2.65 bits per heavy atom. The van der Waals surface area contributed by atoms with E-state index in [-0.39, 0.29) is 6.61 Å². The Kier molecular flexibility index (Phi) is 5.55. The molecule has 0 fully saturated rings. The standard InChI is InChI=1S/C15H21N3O2/c1-2-20-14-8-6-13(7-9-14)15-12-18(17-16-15)10-4-3-5-11-19/h6-9,12,19H,2-5,10-11H2,1H3. The smallest absolute Gasteiger partial charge is 0.119 e. The van der Waals surface area contributed by atoms with E-state index in [1.54, 1.807) is 0 Å². The maximum absolute atomic E-state index is 8.73. The van der Waals surface area contributed by atoms with E-state index in [1.807, 2.05) is 42.1 Å². The van der Waals surface area contributed by atoms with E-state index in [9.17, 15) is 0 Å². The highest BCUT2D eigenvalue weighted by atomic mass is 16.5. The molecule has 0 bridgehead atoms. The minimum atomic E-state index is 0.259. The van der Waals surface area contributed by atoms with Crippen molar-refractivity contribution < 1.29 is 9.84 Å². The molecule has 1 heterocycles. The van der Waals surface area contributed by atoms with Gasteiger partial charge in [-0.25, -0.2) is 0 Å². The number of nitrogens with zero attached hydrogens (tertiary/aromatic N) is 3. The van der Waals surface area contributed by atoms with E-state index in [1.165, 1.54) is 0 Å². The van der Waals surface area contributed by atoms with E-state index >= 15 is 0 Å². The summed E-state index contributed by atoms with van der Waals surface area (Å²) in [5.74, 6) is 0.868. The van der Waals surface area contributed by atoms with Gasteiger partial charge in [-0.1, -0.05) is 5.21 Å². The number of hydrogen-bond donors (Lipinski definition) is 1. The minimum absolute atomic E-state index is 0.259. The molecule has 0 aliphatic heterocycles. The first kappa shape index (κ1) is 14.5. The number of aliphatic hydroxyl groups excluding tert-OH is 1. The first-order valence-corrected chi connectivity index (χ1v) is 7.07.